The van der Waals surface area contributed by atoms with E-state index in [0.717, 1.165) is 48.2 Å². The van der Waals surface area contributed by atoms with Crippen molar-refractivity contribution in [3.05, 3.63) is 59.7 Å². The predicted molar refractivity (Wildman–Crippen MR) is 90.7 cm³/mol. The number of rotatable bonds is 3. The van der Waals surface area contributed by atoms with Crippen LogP contribution in [0, 0.1) is 0 Å². The van der Waals surface area contributed by atoms with Gasteiger partial charge in [-0.05, 0) is 49.9 Å². The molecule has 4 rings (SSSR count). The zero-order valence-electron chi connectivity index (χ0n) is 13.1. The molecule has 3 heterocycles. The summed E-state index contributed by atoms with van der Waals surface area (Å²) in [7, 11) is 0. The Labute approximate surface area is 139 Å². The third-order valence-corrected chi connectivity index (χ3v) is 4.24. The lowest BCUT2D eigenvalue weighted by molar-refractivity contribution is 0.102. The first-order valence-electron chi connectivity index (χ1n) is 8.06. The summed E-state index contributed by atoms with van der Waals surface area (Å²) in [4.78, 5) is 21.1. The molecule has 0 radical (unpaired) electrons. The third-order valence-electron chi connectivity index (χ3n) is 4.24. The number of anilines is 1. The van der Waals surface area contributed by atoms with Crippen molar-refractivity contribution in [1.29, 1.82) is 0 Å². The number of aromatic amines is 1. The minimum atomic E-state index is -0.215. The van der Waals surface area contributed by atoms with Crippen LogP contribution >= 0.6 is 0 Å². The maximum absolute atomic E-state index is 12.5. The summed E-state index contributed by atoms with van der Waals surface area (Å²) in [6.07, 6.45) is 7.56. The Morgan fingerprint density at radius 2 is 2.00 bits per heavy atom. The molecule has 0 aromatic carbocycles. The van der Waals surface area contributed by atoms with Gasteiger partial charge in [-0.1, -0.05) is 6.07 Å². The van der Waals surface area contributed by atoms with Crippen LogP contribution < -0.4 is 5.32 Å². The van der Waals surface area contributed by atoms with Crippen molar-refractivity contribution in [2.75, 3.05) is 5.32 Å². The van der Waals surface area contributed by atoms with Gasteiger partial charge in [-0.2, -0.15) is 5.10 Å². The predicted octanol–water partition coefficient (Wildman–Crippen LogP) is 3.00. The van der Waals surface area contributed by atoms with Gasteiger partial charge in [0.25, 0.3) is 5.91 Å². The quantitative estimate of drug-likeness (QED) is 0.777. The summed E-state index contributed by atoms with van der Waals surface area (Å²) in [5, 5.41) is 9.99. The van der Waals surface area contributed by atoms with Crippen LogP contribution in [0.3, 0.4) is 0 Å². The Hall–Kier alpha value is -3.02. The SMILES string of the molecule is O=C(Nc1ccc(-c2ccccn2)cn1)c1n[nH]c2c1CCCC2. The molecule has 0 fully saturated rings. The number of amides is 1. The fourth-order valence-electron chi connectivity index (χ4n) is 3.00. The Balaban J connectivity index is 1.51. The van der Waals surface area contributed by atoms with Crippen LogP contribution in [0.1, 0.15) is 34.6 Å². The number of carbonyl (C=O) groups excluding carboxylic acids is 1. The number of hydrogen-bond donors (Lipinski definition) is 2. The number of H-pyrrole nitrogens is 1. The molecule has 0 unspecified atom stereocenters. The minimum absolute atomic E-state index is 0.215. The van der Waals surface area contributed by atoms with Crippen molar-refractivity contribution < 1.29 is 4.79 Å². The highest BCUT2D eigenvalue weighted by atomic mass is 16.2. The normalized spacial score (nSPS) is 13.3. The van der Waals surface area contributed by atoms with E-state index in [4.69, 9.17) is 0 Å². The Morgan fingerprint density at radius 3 is 2.79 bits per heavy atom. The number of aryl methyl sites for hydroxylation is 1. The lowest BCUT2D eigenvalue weighted by Crippen LogP contribution is -2.16. The van der Waals surface area contributed by atoms with E-state index in [1.807, 2.05) is 24.3 Å². The second-order valence-electron chi connectivity index (χ2n) is 5.84. The van der Waals surface area contributed by atoms with E-state index >= 15 is 0 Å². The van der Waals surface area contributed by atoms with Gasteiger partial charge < -0.3 is 5.32 Å². The maximum atomic E-state index is 12.5. The van der Waals surface area contributed by atoms with E-state index < -0.39 is 0 Å². The fourth-order valence-corrected chi connectivity index (χ4v) is 3.00. The highest BCUT2D eigenvalue weighted by Gasteiger charge is 2.21. The fraction of sp³-hybridized carbons (Fsp3) is 0.222. The van der Waals surface area contributed by atoms with Gasteiger partial charge >= 0.3 is 0 Å². The van der Waals surface area contributed by atoms with Gasteiger partial charge in [0, 0.05) is 29.2 Å². The zero-order valence-corrected chi connectivity index (χ0v) is 13.1. The van der Waals surface area contributed by atoms with Crippen LogP contribution in [0.4, 0.5) is 5.82 Å². The molecule has 6 nitrogen and oxygen atoms in total. The highest BCUT2D eigenvalue weighted by Crippen LogP contribution is 2.23. The Morgan fingerprint density at radius 1 is 1.08 bits per heavy atom. The van der Waals surface area contributed by atoms with Gasteiger partial charge in [0.15, 0.2) is 5.69 Å². The molecule has 1 aliphatic carbocycles. The second kappa shape index (κ2) is 6.23. The van der Waals surface area contributed by atoms with Gasteiger partial charge in [0.2, 0.25) is 0 Å². The van der Waals surface area contributed by atoms with Crippen molar-refractivity contribution in [2.45, 2.75) is 25.7 Å². The second-order valence-corrected chi connectivity index (χ2v) is 5.84. The molecule has 120 valence electrons. The van der Waals surface area contributed by atoms with E-state index in [1.165, 1.54) is 0 Å². The maximum Gasteiger partial charge on any atom is 0.277 e. The van der Waals surface area contributed by atoms with Gasteiger partial charge in [-0.25, -0.2) is 4.98 Å². The number of pyridine rings is 2. The molecule has 0 spiro atoms. The van der Waals surface area contributed by atoms with Crippen molar-refractivity contribution in [3.8, 4) is 11.3 Å². The molecule has 6 heteroatoms. The van der Waals surface area contributed by atoms with Crippen LogP contribution in [0.2, 0.25) is 0 Å². The first-order valence-corrected chi connectivity index (χ1v) is 8.06. The number of hydrogen-bond acceptors (Lipinski definition) is 4. The third kappa shape index (κ3) is 2.78. The number of carbonyl (C=O) groups is 1. The summed E-state index contributed by atoms with van der Waals surface area (Å²) >= 11 is 0. The van der Waals surface area contributed by atoms with Crippen LogP contribution in [-0.4, -0.2) is 26.1 Å². The Kier molecular flexibility index (Phi) is 3.78. The molecule has 3 aromatic heterocycles. The van der Waals surface area contributed by atoms with Gasteiger partial charge in [0.05, 0.1) is 5.69 Å². The summed E-state index contributed by atoms with van der Waals surface area (Å²) < 4.78 is 0. The molecule has 0 bridgehead atoms. The van der Waals surface area contributed by atoms with Crippen LogP contribution in [0.15, 0.2) is 42.7 Å². The highest BCUT2D eigenvalue weighted by molar-refractivity contribution is 6.03. The molecule has 0 saturated heterocycles. The van der Waals surface area contributed by atoms with E-state index in [-0.39, 0.29) is 5.91 Å². The molecule has 0 aliphatic heterocycles. The minimum Gasteiger partial charge on any atom is -0.305 e. The van der Waals surface area contributed by atoms with E-state index in [0.29, 0.717) is 11.5 Å². The summed E-state index contributed by atoms with van der Waals surface area (Å²) in [5.74, 6) is 0.291. The summed E-state index contributed by atoms with van der Waals surface area (Å²) in [6, 6.07) is 9.39. The lowest BCUT2D eigenvalue weighted by atomic mass is 9.96. The number of fused-ring (bicyclic) bond motifs is 1. The Bertz CT molecular complexity index is 855. The van der Waals surface area contributed by atoms with Crippen molar-refractivity contribution >= 4 is 11.7 Å². The molecule has 1 aliphatic rings. The monoisotopic (exact) mass is 319 g/mol. The molecule has 0 atom stereocenters. The molecule has 0 saturated carbocycles. The molecule has 24 heavy (non-hydrogen) atoms. The summed E-state index contributed by atoms with van der Waals surface area (Å²) in [5.41, 5.74) is 4.38. The topological polar surface area (TPSA) is 83.6 Å². The van der Waals surface area contributed by atoms with Crippen molar-refractivity contribution in [1.82, 2.24) is 20.2 Å². The average Bonchev–Trinajstić information content (AvgIpc) is 3.07. The molecule has 2 N–H and O–H groups in total. The van der Waals surface area contributed by atoms with E-state index in [9.17, 15) is 4.79 Å². The largest absolute Gasteiger partial charge is 0.305 e. The van der Waals surface area contributed by atoms with Gasteiger partial charge in [-0.15, -0.1) is 0 Å². The van der Waals surface area contributed by atoms with Crippen LogP contribution in [0.5, 0.6) is 0 Å². The standard InChI is InChI=1S/C18H17N5O/c24-18(17-13-5-1-2-7-15(13)22-23-17)21-16-9-8-12(11-20-16)14-6-3-4-10-19-14/h3-4,6,8-11H,1-2,5,7H2,(H,22,23)(H,20,21,24). The van der Waals surface area contributed by atoms with Gasteiger partial charge in [0.1, 0.15) is 5.82 Å². The zero-order chi connectivity index (χ0) is 16.4. The number of nitrogens with zero attached hydrogens (tertiary/aromatic N) is 3. The molecular formula is C18H17N5O. The summed E-state index contributed by atoms with van der Waals surface area (Å²) in [6.45, 7) is 0. The van der Waals surface area contributed by atoms with Crippen LogP contribution in [-0.2, 0) is 12.8 Å². The lowest BCUT2D eigenvalue weighted by Gasteiger charge is -2.11. The average molecular weight is 319 g/mol. The molecular weight excluding hydrogens is 302 g/mol. The molecule has 3 aromatic rings. The first-order chi connectivity index (χ1) is 11.8. The van der Waals surface area contributed by atoms with Crippen molar-refractivity contribution in [2.24, 2.45) is 0 Å². The number of nitrogens with one attached hydrogen (secondary N) is 2. The molecule has 1 amide bonds. The van der Waals surface area contributed by atoms with Gasteiger partial charge in [-0.3, -0.25) is 14.9 Å². The van der Waals surface area contributed by atoms with Crippen molar-refractivity contribution in [3.63, 3.8) is 0 Å². The van der Waals surface area contributed by atoms with E-state index in [1.54, 1.807) is 18.5 Å². The van der Waals surface area contributed by atoms with Crippen LogP contribution in [0.25, 0.3) is 11.3 Å². The number of aromatic nitrogens is 4. The smallest absolute Gasteiger partial charge is 0.277 e. The first kappa shape index (κ1) is 14.6. The van der Waals surface area contributed by atoms with E-state index in [2.05, 4.69) is 25.5 Å².